The minimum atomic E-state index is 0.626. The van der Waals surface area contributed by atoms with Crippen LogP contribution in [0, 0.1) is 28.6 Å². The molecule has 3 aliphatic carbocycles. The van der Waals surface area contributed by atoms with Gasteiger partial charge < -0.3 is 0 Å². The van der Waals surface area contributed by atoms with E-state index in [2.05, 4.69) is 20.8 Å². The molecule has 3 aliphatic rings. The molecule has 0 aromatic rings. The molecule has 0 aromatic carbocycles. The molecule has 0 N–H and O–H groups in total. The van der Waals surface area contributed by atoms with Crippen molar-refractivity contribution >= 4 is 0 Å². The van der Waals surface area contributed by atoms with Crippen LogP contribution in [-0.4, -0.2) is 0 Å². The van der Waals surface area contributed by atoms with E-state index in [1.54, 1.807) is 19.3 Å². The van der Waals surface area contributed by atoms with Crippen molar-refractivity contribution in [2.75, 3.05) is 0 Å². The van der Waals surface area contributed by atoms with E-state index in [9.17, 15) is 0 Å². The van der Waals surface area contributed by atoms with Crippen LogP contribution in [0.1, 0.15) is 72.1 Å². The van der Waals surface area contributed by atoms with Crippen LogP contribution in [0.5, 0.6) is 0 Å². The topological polar surface area (TPSA) is 0 Å². The number of fused-ring (bicyclic) bond motifs is 3. The number of hydrogen-bond donors (Lipinski definition) is 0. The van der Waals surface area contributed by atoms with E-state index in [0.29, 0.717) is 10.8 Å². The monoisotopic (exact) mass is 220 g/mol. The predicted molar refractivity (Wildman–Crippen MR) is 69.3 cm³/mol. The Kier molecular flexibility index (Phi) is 2.43. The largest absolute Gasteiger partial charge is 0.0596 e. The fourth-order valence-corrected chi connectivity index (χ4v) is 5.96. The quantitative estimate of drug-likeness (QED) is 0.537. The first-order valence-electron chi connectivity index (χ1n) is 7.54. The van der Waals surface area contributed by atoms with Crippen molar-refractivity contribution in [1.29, 1.82) is 0 Å². The number of rotatable bonds is 0. The van der Waals surface area contributed by atoms with Gasteiger partial charge in [0.2, 0.25) is 0 Å². The molecule has 0 radical (unpaired) electrons. The van der Waals surface area contributed by atoms with Gasteiger partial charge in [0.05, 0.1) is 0 Å². The Morgan fingerprint density at radius 3 is 2.44 bits per heavy atom. The predicted octanol–water partition coefficient (Wildman–Crippen LogP) is 5.03. The molecule has 0 heterocycles. The van der Waals surface area contributed by atoms with Crippen LogP contribution in [0.25, 0.3) is 0 Å². The van der Waals surface area contributed by atoms with Crippen LogP contribution in [0.15, 0.2) is 0 Å². The summed E-state index contributed by atoms with van der Waals surface area (Å²) in [5.41, 5.74) is 1.34. The molecule has 0 aliphatic heterocycles. The van der Waals surface area contributed by atoms with Crippen LogP contribution >= 0.6 is 0 Å². The number of hydrogen-bond acceptors (Lipinski definition) is 0. The Morgan fingerprint density at radius 2 is 1.62 bits per heavy atom. The minimum absolute atomic E-state index is 0.626. The van der Waals surface area contributed by atoms with Crippen LogP contribution in [-0.2, 0) is 0 Å². The highest BCUT2D eigenvalue weighted by atomic mass is 14.6. The van der Waals surface area contributed by atoms with Gasteiger partial charge in [0.1, 0.15) is 0 Å². The second-order valence-electron chi connectivity index (χ2n) is 7.78. The zero-order valence-corrected chi connectivity index (χ0v) is 11.4. The lowest BCUT2D eigenvalue weighted by atomic mass is 9.47. The molecule has 4 atom stereocenters. The van der Waals surface area contributed by atoms with Gasteiger partial charge >= 0.3 is 0 Å². The lowest BCUT2D eigenvalue weighted by Crippen LogP contribution is -2.50. The third-order valence-electron chi connectivity index (χ3n) is 6.61. The average Bonchev–Trinajstić information content (AvgIpc) is 2.65. The van der Waals surface area contributed by atoms with Crippen LogP contribution in [0.3, 0.4) is 0 Å². The summed E-state index contributed by atoms with van der Waals surface area (Å²) < 4.78 is 0. The summed E-state index contributed by atoms with van der Waals surface area (Å²) in [6.45, 7) is 7.75. The molecule has 0 amide bonds. The van der Waals surface area contributed by atoms with Crippen LogP contribution < -0.4 is 0 Å². The van der Waals surface area contributed by atoms with E-state index < -0.39 is 0 Å². The van der Waals surface area contributed by atoms with Crippen molar-refractivity contribution in [3.8, 4) is 0 Å². The molecular weight excluding hydrogens is 192 g/mol. The maximum absolute atomic E-state index is 2.65. The van der Waals surface area contributed by atoms with Gasteiger partial charge in [0.15, 0.2) is 0 Å². The van der Waals surface area contributed by atoms with Crippen LogP contribution in [0.2, 0.25) is 0 Å². The van der Waals surface area contributed by atoms with Gasteiger partial charge in [-0.05, 0) is 60.7 Å². The summed E-state index contributed by atoms with van der Waals surface area (Å²) >= 11 is 0. The van der Waals surface area contributed by atoms with E-state index in [4.69, 9.17) is 0 Å². The fraction of sp³-hybridized carbons (Fsp3) is 1.00. The van der Waals surface area contributed by atoms with Crippen molar-refractivity contribution in [3.63, 3.8) is 0 Å². The van der Waals surface area contributed by atoms with Crippen molar-refractivity contribution < 1.29 is 0 Å². The van der Waals surface area contributed by atoms with E-state index in [1.807, 2.05) is 0 Å². The van der Waals surface area contributed by atoms with Crippen molar-refractivity contribution in [1.82, 2.24) is 0 Å². The maximum atomic E-state index is 2.65. The molecule has 3 fully saturated rings. The standard InChI is InChI=1S/C16H28/c1-15(2)10-5-11-16(3)13-7-4-6-12(13)8-9-14(15)16/h12-14H,4-11H2,1-3H3. The molecule has 0 heteroatoms. The Bertz CT molecular complexity index is 278. The van der Waals surface area contributed by atoms with Gasteiger partial charge in [-0.1, -0.05) is 40.0 Å². The average molecular weight is 220 g/mol. The van der Waals surface area contributed by atoms with E-state index in [-0.39, 0.29) is 0 Å². The van der Waals surface area contributed by atoms with Crippen LogP contribution in [0.4, 0.5) is 0 Å². The maximum Gasteiger partial charge on any atom is -0.0261 e. The molecule has 0 bridgehead atoms. The first kappa shape index (κ1) is 11.1. The third-order valence-corrected chi connectivity index (χ3v) is 6.61. The zero-order valence-electron chi connectivity index (χ0n) is 11.4. The SMILES string of the molecule is CC1(C)CCCC2(C)C3CCCC3CCC12. The highest BCUT2D eigenvalue weighted by Gasteiger charge is 2.55. The molecule has 0 nitrogen and oxygen atoms in total. The van der Waals surface area contributed by atoms with Gasteiger partial charge in [0.25, 0.3) is 0 Å². The van der Waals surface area contributed by atoms with E-state index in [0.717, 1.165) is 17.8 Å². The molecule has 92 valence electrons. The first-order chi connectivity index (χ1) is 7.54. The smallest absolute Gasteiger partial charge is 0.0261 e. The van der Waals surface area contributed by atoms with Crippen molar-refractivity contribution in [3.05, 3.63) is 0 Å². The summed E-state index contributed by atoms with van der Waals surface area (Å²) in [5.74, 6) is 3.22. The molecule has 3 rings (SSSR count). The second-order valence-corrected chi connectivity index (χ2v) is 7.78. The molecule has 0 spiro atoms. The van der Waals surface area contributed by atoms with Gasteiger partial charge in [-0.2, -0.15) is 0 Å². The summed E-state index contributed by atoms with van der Waals surface area (Å²) in [6, 6.07) is 0. The molecular formula is C16H28. The Balaban J connectivity index is 1.93. The van der Waals surface area contributed by atoms with Gasteiger partial charge in [0, 0.05) is 0 Å². The summed E-state index contributed by atoms with van der Waals surface area (Å²) in [5, 5.41) is 0. The van der Waals surface area contributed by atoms with Crippen molar-refractivity contribution in [2.45, 2.75) is 72.1 Å². The van der Waals surface area contributed by atoms with Gasteiger partial charge in [-0.15, -0.1) is 0 Å². The highest BCUT2D eigenvalue weighted by molar-refractivity contribution is 5.04. The minimum Gasteiger partial charge on any atom is -0.0596 e. The highest BCUT2D eigenvalue weighted by Crippen LogP contribution is 2.64. The third kappa shape index (κ3) is 1.41. The lowest BCUT2D eigenvalue weighted by Gasteiger charge is -2.58. The molecule has 4 unspecified atom stereocenters. The van der Waals surface area contributed by atoms with E-state index in [1.165, 1.54) is 32.1 Å². The summed E-state index contributed by atoms with van der Waals surface area (Å²) in [6.07, 6.45) is 12.2. The molecule has 3 saturated carbocycles. The molecule has 16 heavy (non-hydrogen) atoms. The lowest BCUT2D eigenvalue weighted by molar-refractivity contribution is -0.0875. The summed E-state index contributed by atoms with van der Waals surface area (Å²) in [4.78, 5) is 0. The zero-order chi connectivity index (χ0) is 11.4. The normalized spacial score (nSPS) is 50.8. The second kappa shape index (κ2) is 3.50. The van der Waals surface area contributed by atoms with Crippen molar-refractivity contribution in [2.24, 2.45) is 28.6 Å². The Hall–Kier alpha value is 0. The van der Waals surface area contributed by atoms with E-state index >= 15 is 0 Å². The fourth-order valence-electron chi connectivity index (χ4n) is 5.96. The summed E-state index contributed by atoms with van der Waals surface area (Å²) in [7, 11) is 0. The Labute approximate surface area is 101 Å². The van der Waals surface area contributed by atoms with Gasteiger partial charge in [-0.3, -0.25) is 0 Å². The Morgan fingerprint density at radius 1 is 0.812 bits per heavy atom. The first-order valence-corrected chi connectivity index (χ1v) is 7.54. The molecule has 0 saturated heterocycles. The molecule has 0 aromatic heterocycles. The van der Waals surface area contributed by atoms with Gasteiger partial charge in [-0.25, -0.2) is 0 Å².